The van der Waals surface area contributed by atoms with Gasteiger partial charge in [-0.05, 0) is 18.9 Å². The Hall–Kier alpha value is -0.780. The number of alkyl halides is 3. The molecule has 3 nitrogen and oxygen atoms in total. The van der Waals surface area contributed by atoms with Crippen LogP contribution in [0.25, 0.3) is 0 Å². The Bertz CT molecular complexity index is 250. The number of carbonyl (C=O) groups is 1. The minimum Gasteiger partial charge on any atom is -0.481 e. The molecule has 0 heterocycles. The molecule has 1 unspecified atom stereocenters. The van der Waals surface area contributed by atoms with Crippen molar-refractivity contribution in [1.82, 2.24) is 5.32 Å². The summed E-state index contributed by atoms with van der Waals surface area (Å²) < 4.78 is 36.8. The van der Waals surface area contributed by atoms with Crippen LogP contribution in [0.1, 0.15) is 32.1 Å². The Kier molecular flexibility index (Phi) is 5.24. The van der Waals surface area contributed by atoms with Gasteiger partial charge < -0.3 is 10.4 Å². The minimum atomic E-state index is -4.67. The summed E-state index contributed by atoms with van der Waals surface area (Å²) in [7, 11) is 0. The van der Waals surface area contributed by atoms with Crippen LogP contribution in [0.3, 0.4) is 0 Å². The van der Waals surface area contributed by atoms with Crippen molar-refractivity contribution in [2.24, 2.45) is 11.8 Å². The Morgan fingerprint density at radius 3 is 2.41 bits per heavy atom. The third-order valence-corrected chi connectivity index (χ3v) is 3.25. The molecule has 0 aromatic carbocycles. The van der Waals surface area contributed by atoms with Gasteiger partial charge in [0.1, 0.15) is 0 Å². The lowest BCUT2D eigenvalue weighted by Crippen LogP contribution is -2.39. The van der Waals surface area contributed by atoms with Gasteiger partial charge in [-0.2, -0.15) is 13.2 Å². The van der Waals surface area contributed by atoms with E-state index in [4.69, 9.17) is 5.11 Å². The van der Waals surface area contributed by atoms with Crippen LogP contribution < -0.4 is 5.32 Å². The van der Waals surface area contributed by atoms with Crippen LogP contribution in [0.5, 0.6) is 0 Å². The average molecular weight is 253 g/mol. The lowest BCUT2D eigenvalue weighted by molar-refractivity contribution is -0.192. The van der Waals surface area contributed by atoms with E-state index in [1.54, 1.807) is 0 Å². The van der Waals surface area contributed by atoms with Crippen molar-refractivity contribution in [3.05, 3.63) is 0 Å². The fourth-order valence-corrected chi connectivity index (χ4v) is 2.19. The van der Waals surface area contributed by atoms with Crippen molar-refractivity contribution < 1.29 is 23.1 Å². The number of rotatable bonds is 6. The second kappa shape index (κ2) is 6.23. The molecule has 0 bridgehead atoms. The van der Waals surface area contributed by atoms with E-state index in [2.05, 4.69) is 5.32 Å². The largest absolute Gasteiger partial charge is 0.481 e. The number of hydrogen-bond donors (Lipinski definition) is 2. The number of carboxylic acids is 1. The van der Waals surface area contributed by atoms with E-state index in [1.165, 1.54) is 12.8 Å². The zero-order valence-corrected chi connectivity index (χ0v) is 9.59. The molecule has 1 atom stereocenters. The van der Waals surface area contributed by atoms with Crippen molar-refractivity contribution in [3.63, 3.8) is 0 Å². The normalized spacial score (nSPS) is 19.5. The van der Waals surface area contributed by atoms with E-state index < -0.39 is 24.6 Å². The van der Waals surface area contributed by atoms with Crippen molar-refractivity contribution >= 4 is 5.97 Å². The van der Waals surface area contributed by atoms with Gasteiger partial charge in [-0.1, -0.05) is 25.7 Å². The van der Waals surface area contributed by atoms with Gasteiger partial charge in [0.2, 0.25) is 0 Å². The van der Waals surface area contributed by atoms with Gasteiger partial charge >= 0.3 is 12.1 Å². The molecule has 100 valence electrons. The molecule has 1 aliphatic carbocycles. The summed E-state index contributed by atoms with van der Waals surface area (Å²) in [4.78, 5) is 10.4. The smallest absolute Gasteiger partial charge is 0.403 e. The molecule has 1 saturated carbocycles. The second-order valence-corrected chi connectivity index (χ2v) is 4.58. The number of halogens is 3. The summed E-state index contributed by atoms with van der Waals surface area (Å²) >= 11 is 0. The number of aliphatic carboxylic acids is 1. The van der Waals surface area contributed by atoms with E-state index >= 15 is 0 Å². The lowest BCUT2D eigenvalue weighted by Gasteiger charge is -2.17. The van der Waals surface area contributed by atoms with Crippen LogP contribution in [-0.2, 0) is 4.79 Å². The van der Waals surface area contributed by atoms with E-state index in [0.717, 1.165) is 19.3 Å². The molecule has 0 spiro atoms. The van der Waals surface area contributed by atoms with Crippen LogP contribution in [0.15, 0.2) is 0 Å². The first-order chi connectivity index (χ1) is 7.91. The minimum absolute atomic E-state index is 0.463. The zero-order valence-electron chi connectivity index (χ0n) is 9.59. The first-order valence-electron chi connectivity index (χ1n) is 5.91. The predicted molar refractivity (Wildman–Crippen MR) is 56.6 cm³/mol. The highest BCUT2D eigenvalue weighted by molar-refractivity contribution is 5.71. The van der Waals surface area contributed by atoms with Crippen LogP contribution in [0.2, 0.25) is 0 Å². The highest BCUT2D eigenvalue weighted by atomic mass is 19.4. The zero-order chi connectivity index (χ0) is 12.9. The molecule has 6 heteroatoms. The first-order valence-corrected chi connectivity index (χ1v) is 5.91. The van der Waals surface area contributed by atoms with Gasteiger partial charge in [0.15, 0.2) is 5.92 Å². The van der Waals surface area contributed by atoms with Gasteiger partial charge in [-0.25, -0.2) is 0 Å². The van der Waals surface area contributed by atoms with Crippen molar-refractivity contribution in [3.8, 4) is 0 Å². The maximum Gasteiger partial charge on any atom is 0.403 e. The summed E-state index contributed by atoms with van der Waals surface area (Å²) in [6.45, 7) is -0.0733. The summed E-state index contributed by atoms with van der Waals surface area (Å²) in [5.74, 6) is -3.52. The SMILES string of the molecule is O=C(O)C(CNCCC1CCCC1)C(F)(F)F. The van der Waals surface area contributed by atoms with E-state index in [9.17, 15) is 18.0 Å². The summed E-state index contributed by atoms with van der Waals surface area (Å²) in [6, 6.07) is 0. The molecular weight excluding hydrogens is 235 g/mol. The van der Waals surface area contributed by atoms with Crippen molar-refractivity contribution in [2.45, 2.75) is 38.3 Å². The Balaban J connectivity index is 2.20. The monoisotopic (exact) mass is 253 g/mol. The molecule has 0 aromatic heterocycles. The quantitative estimate of drug-likeness (QED) is 0.715. The summed E-state index contributed by atoms with van der Waals surface area (Å²) in [5, 5.41) is 11.1. The van der Waals surface area contributed by atoms with Gasteiger partial charge in [-0.15, -0.1) is 0 Å². The standard InChI is InChI=1S/C11H18F3NO2/c12-11(13,14)9(10(16)17)7-15-6-5-8-3-1-2-4-8/h8-9,15H,1-7H2,(H,16,17). The Morgan fingerprint density at radius 1 is 1.35 bits per heavy atom. The summed E-state index contributed by atoms with van der Waals surface area (Å²) in [6.07, 6.45) is 0.846. The van der Waals surface area contributed by atoms with Crippen LogP contribution in [0.4, 0.5) is 13.2 Å². The molecule has 2 N–H and O–H groups in total. The lowest BCUT2D eigenvalue weighted by atomic mass is 10.0. The van der Waals surface area contributed by atoms with E-state index in [-0.39, 0.29) is 0 Å². The van der Waals surface area contributed by atoms with Crippen LogP contribution >= 0.6 is 0 Å². The Morgan fingerprint density at radius 2 is 1.94 bits per heavy atom. The fraction of sp³-hybridized carbons (Fsp3) is 0.909. The topological polar surface area (TPSA) is 49.3 Å². The molecule has 0 aliphatic heterocycles. The highest BCUT2D eigenvalue weighted by Gasteiger charge is 2.44. The molecule has 17 heavy (non-hydrogen) atoms. The van der Waals surface area contributed by atoms with Crippen molar-refractivity contribution in [2.75, 3.05) is 13.1 Å². The number of hydrogen-bond acceptors (Lipinski definition) is 2. The number of carboxylic acid groups (broad SMARTS) is 1. The predicted octanol–water partition coefficient (Wildman–Crippen LogP) is 2.42. The fourth-order valence-electron chi connectivity index (χ4n) is 2.19. The van der Waals surface area contributed by atoms with E-state index in [0.29, 0.717) is 12.5 Å². The van der Waals surface area contributed by atoms with Gasteiger partial charge in [-0.3, -0.25) is 4.79 Å². The first kappa shape index (κ1) is 14.3. The Labute approximate surface area is 98.4 Å². The van der Waals surface area contributed by atoms with E-state index in [1.807, 2.05) is 0 Å². The van der Waals surface area contributed by atoms with Gasteiger partial charge in [0, 0.05) is 6.54 Å². The maximum atomic E-state index is 12.3. The molecule has 1 aliphatic rings. The van der Waals surface area contributed by atoms with Crippen LogP contribution in [-0.4, -0.2) is 30.3 Å². The van der Waals surface area contributed by atoms with Gasteiger partial charge in [0.05, 0.1) is 0 Å². The summed E-state index contributed by atoms with van der Waals surface area (Å²) in [5.41, 5.74) is 0. The molecule has 0 amide bonds. The molecule has 1 fully saturated rings. The molecule has 0 saturated heterocycles. The van der Waals surface area contributed by atoms with Crippen LogP contribution in [0, 0.1) is 11.8 Å². The molecule has 0 radical (unpaired) electrons. The molecule has 1 rings (SSSR count). The maximum absolute atomic E-state index is 12.3. The van der Waals surface area contributed by atoms with Crippen molar-refractivity contribution in [1.29, 1.82) is 0 Å². The number of nitrogens with one attached hydrogen (secondary N) is 1. The van der Waals surface area contributed by atoms with Gasteiger partial charge in [0.25, 0.3) is 0 Å². The third kappa shape index (κ3) is 4.93. The molecular formula is C11H18F3NO2. The average Bonchev–Trinajstić information content (AvgIpc) is 2.67. The highest BCUT2D eigenvalue weighted by Crippen LogP contribution is 2.28. The third-order valence-electron chi connectivity index (χ3n) is 3.25. The second-order valence-electron chi connectivity index (χ2n) is 4.58. The molecule has 0 aromatic rings.